The molecule has 3 rings (SSSR count). The predicted octanol–water partition coefficient (Wildman–Crippen LogP) is 2.79. The number of aromatic nitrogens is 1. The molecule has 0 saturated heterocycles. The molecule has 0 spiro atoms. The van der Waals surface area contributed by atoms with Crippen LogP contribution < -0.4 is 11.2 Å². The van der Waals surface area contributed by atoms with E-state index >= 15 is 0 Å². The average Bonchev–Trinajstić information content (AvgIpc) is 2.48. The Morgan fingerprint density at radius 1 is 1.10 bits per heavy atom. The summed E-state index contributed by atoms with van der Waals surface area (Å²) in [7, 11) is 0. The Hall–Kier alpha value is -2.46. The Bertz CT molecular complexity index is 825. The largest absolute Gasteiger partial charge is 0.354 e. The number of hydrogen-bond donors (Lipinski definition) is 2. The fourth-order valence-corrected chi connectivity index (χ4v) is 2.35. The molecular formula is C16H13FN2O. The average molecular weight is 268 g/mol. The van der Waals surface area contributed by atoms with Gasteiger partial charge in [-0.05, 0) is 23.8 Å². The van der Waals surface area contributed by atoms with Crippen LogP contribution in [0.1, 0.15) is 5.56 Å². The molecule has 0 unspecified atom stereocenters. The fourth-order valence-electron chi connectivity index (χ4n) is 2.35. The number of rotatable bonds is 2. The van der Waals surface area contributed by atoms with Crippen molar-refractivity contribution in [2.45, 2.75) is 6.54 Å². The zero-order valence-corrected chi connectivity index (χ0v) is 10.7. The van der Waals surface area contributed by atoms with Crippen LogP contribution in [0.3, 0.4) is 0 Å². The number of halogens is 1. The molecule has 2 aromatic carbocycles. The van der Waals surface area contributed by atoms with Crippen LogP contribution in [-0.4, -0.2) is 4.98 Å². The highest BCUT2D eigenvalue weighted by molar-refractivity contribution is 5.83. The smallest absolute Gasteiger partial charge is 0.194 e. The summed E-state index contributed by atoms with van der Waals surface area (Å²) in [5, 5.41) is 0.324. The second kappa shape index (κ2) is 4.90. The molecule has 0 atom stereocenters. The van der Waals surface area contributed by atoms with E-state index in [4.69, 9.17) is 5.73 Å². The Kier molecular flexibility index (Phi) is 3.08. The summed E-state index contributed by atoms with van der Waals surface area (Å²) in [6.45, 7) is 0.103. The highest BCUT2D eigenvalue weighted by atomic mass is 19.1. The van der Waals surface area contributed by atoms with Gasteiger partial charge in [-0.15, -0.1) is 0 Å². The molecule has 0 radical (unpaired) electrons. The van der Waals surface area contributed by atoms with E-state index in [0.717, 1.165) is 5.56 Å². The zero-order chi connectivity index (χ0) is 14.1. The first-order valence-corrected chi connectivity index (χ1v) is 6.30. The van der Waals surface area contributed by atoms with Gasteiger partial charge in [0.25, 0.3) is 0 Å². The fraction of sp³-hybridized carbons (Fsp3) is 0.0625. The van der Waals surface area contributed by atoms with Gasteiger partial charge in [-0.3, -0.25) is 4.79 Å². The van der Waals surface area contributed by atoms with Crippen molar-refractivity contribution in [3.63, 3.8) is 0 Å². The Labute approximate surface area is 114 Å². The number of nitrogens with two attached hydrogens (primary N) is 1. The summed E-state index contributed by atoms with van der Waals surface area (Å²) < 4.78 is 13.3. The number of benzene rings is 2. The van der Waals surface area contributed by atoms with Crippen molar-refractivity contribution in [3.05, 3.63) is 70.1 Å². The van der Waals surface area contributed by atoms with Gasteiger partial charge in [0.1, 0.15) is 5.82 Å². The standard InChI is InChI=1S/C16H13FN2O/c17-11-6-7-14-12(8-11)16(20)13(9-18)15(19-14)10-4-2-1-3-5-10/h1-8H,9,18H2,(H,19,20). The molecule has 0 bridgehead atoms. The van der Waals surface area contributed by atoms with Crippen LogP contribution in [0.5, 0.6) is 0 Å². The molecule has 1 aromatic heterocycles. The Morgan fingerprint density at radius 3 is 2.55 bits per heavy atom. The maximum absolute atomic E-state index is 13.3. The minimum atomic E-state index is -0.432. The van der Waals surface area contributed by atoms with Crippen LogP contribution in [0.25, 0.3) is 22.2 Å². The summed E-state index contributed by atoms with van der Waals surface area (Å²) in [5.41, 5.74) is 8.13. The van der Waals surface area contributed by atoms with Crippen LogP contribution in [0.4, 0.5) is 4.39 Å². The number of pyridine rings is 1. The predicted molar refractivity (Wildman–Crippen MR) is 77.9 cm³/mol. The van der Waals surface area contributed by atoms with E-state index < -0.39 is 5.82 Å². The van der Waals surface area contributed by atoms with Crippen molar-refractivity contribution in [1.82, 2.24) is 4.98 Å². The topological polar surface area (TPSA) is 58.9 Å². The van der Waals surface area contributed by atoms with E-state index in [1.165, 1.54) is 12.1 Å². The van der Waals surface area contributed by atoms with Gasteiger partial charge in [-0.2, -0.15) is 0 Å². The lowest BCUT2D eigenvalue weighted by molar-refractivity contribution is 0.629. The van der Waals surface area contributed by atoms with E-state index in [0.29, 0.717) is 22.2 Å². The molecule has 0 aliphatic heterocycles. The normalized spacial score (nSPS) is 10.9. The molecule has 0 amide bonds. The van der Waals surface area contributed by atoms with Gasteiger partial charge < -0.3 is 10.7 Å². The summed E-state index contributed by atoms with van der Waals surface area (Å²) in [5.74, 6) is -0.432. The molecule has 0 saturated carbocycles. The maximum Gasteiger partial charge on any atom is 0.194 e. The summed E-state index contributed by atoms with van der Waals surface area (Å²) >= 11 is 0. The summed E-state index contributed by atoms with van der Waals surface area (Å²) in [6, 6.07) is 13.6. The molecule has 4 heteroatoms. The third-order valence-corrected chi connectivity index (χ3v) is 3.33. The second-order valence-electron chi connectivity index (χ2n) is 4.57. The van der Waals surface area contributed by atoms with Crippen LogP contribution in [0, 0.1) is 5.82 Å². The quantitative estimate of drug-likeness (QED) is 0.750. The molecule has 0 aliphatic carbocycles. The SMILES string of the molecule is NCc1c(-c2ccccc2)[nH]c2ccc(F)cc2c1=O. The Balaban J connectivity index is 2.39. The van der Waals surface area contributed by atoms with Crippen LogP contribution in [-0.2, 0) is 6.54 Å². The number of aromatic amines is 1. The highest BCUT2D eigenvalue weighted by Gasteiger charge is 2.12. The van der Waals surface area contributed by atoms with Gasteiger partial charge in [0.05, 0.1) is 5.69 Å². The van der Waals surface area contributed by atoms with Crippen molar-refractivity contribution < 1.29 is 4.39 Å². The van der Waals surface area contributed by atoms with Gasteiger partial charge in [0.15, 0.2) is 5.43 Å². The number of nitrogens with one attached hydrogen (secondary N) is 1. The number of H-pyrrole nitrogens is 1. The van der Waals surface area contributed by atoms with Crippen LogP contribution in [0.15, 0.2) is 53.3 Å². The van der Waals surface area contributed by atoms with E-state index in [-0.39, 0.29) is 12.0 Å². The molecule has 3 N–H and O–H groups in total. The van der Waals surface area contributed by atoms with Gasteiger partial charge in [0.2, 0.25) is 0 Å². The maximum atomic E-state index is 13.3. The minimum absolute atomic E-state index is 0.103. The molecule has 100 valence electrons. The highest BCUT2D eigenvalue weighted by Crippen LogP contribution is 2.22. The van der Waals surface area contributed by atoms with Crippen molar-refractivity contribution >= 4 is 10.9 Å². The lowest BCUT2D eigenvalue weighted by Gasteiger charge is -2.10. The van der Waals surface area contributed by atoms with E-state index in [9.17, 15) is 9.18 Å². The second-order valence-corrected chi connectivity index (χ2v) is 4.57. The van der Waals surface area contributed by atoms with Crippen LogP contribution in [0.2, 0.25) is 0 Å². The molecular weight excluding hydrogens is 255 g/mol. The lowest BCUT2D eigenvalue weighted by Crippen LogP contribution is -2.16. The molecule has 0 fully saturated rings. The molecule has 1 heterocycles. The minimum Gasteiger partial charge on any atom is -0.354 e. The van der Waals surface area contributed by atoms with Crippen molar-refractivity contribution in [1.29, 1.82) is 0 Å². The molecule has 20 heavy (non-hydrogen) atoms. The van der Waals surface area contributed by atoms with Crippen molar-refractivity contribution in [2.75, 3.05) is 0 Å². The number of hydrogen-bond acceptors (Lipinski definition) is 2. The van der Waals surface area contributed by atoms with Gasteiger partial charge in [0, 0.05) is 23.0 Å². The van der Waals surface area contributed by atoms with E-state index in [1.807, 2.05) is 30.3 Å². The third-order valence-electron chi connectivity index (χ3n) is 3.33. The van der Waals surface area contributed by atoms with E-state index in [2.05, 4.69) is 4.98 Å². The first kappa shape index (κ1) is 12.6. The van der Waals surface area contributed by atoms with E-state index in [1.54, 1.807) is 6.07 Å². The lowest BCUT2D eigenvalue weighted by atomic mass is 10.0. The monoisotopic (exact) mass is 268 g/mol. The molecule has 0 aliphatic rings. The van der Waals surface area contributed by atoms with Crippen LogP contribution >= 0.6 is 0 Å². The molecule has 3 aromatic rings. The van der Waals surface area contributed by atoms with Gasteiger partial charge in [-0.25, -0.2) is 4.39 Å². The first-order valence-electron chi connectivity index (χ1n) is 6.30. The third kappa shape index (κ3) is 2.00. The zero-order valence-electron chi connectivity index (χ0n) is 10.7. The number of fused-ring (bicyclic) bond motifs is 1. The van der Waals surface area contributed by atoms with Gasteiger partial charge >= 0.3 is 0 Å². The first-order chi connectivity index (χ1) is 9.70. The Morgan fingerprint density at radius 2 is 1.85 bits per heavy atom. The van der Waals surface area contributed by atoms with Crippen molar-refractivity contribution in [2.24, 2.45) is 5.73 Å². The van der Waals surface area contributed by atoms with Gasteiger partial charge in [-0.1, -0.05) is 30.3 Å². The van der Waals surface area contributed by atoms with Crippen molar-refractivity contribution in [3.8, 4) is 11.3 Å². The summed E-state index contributed by atoms with van der Waals surface area (Å²) in [4.78, 5) is 15.6. The summed E-state index contributed by atoms with van der Waals surface area (Å²) in [6.07, 6.45) is 0. The molecule has 3 nitrogen and oxygen atoms in total.